The maximum absolute atomic E-state index is 12.6. The summed E-state index contributed by atoms with van der Waals surface area (Å²) in [6.45, 7) is 3.61. The number of anilines is 2. The molecular formula is C24H24N2O4. The van der Waals surface area contributed by atoms with Crippen LogP contribution in [0.3, 0.4) is 0 Å². The fraction of sp³-hybridized carbons (Fsp3) is 0.167. The van der Waals surface area contributed by atoms with Gasteiger partial charge in [-0.25, -0.2) is 0 Å². The van der Waals surface area contributed by atoms with Crippen molar-refractivity contribution in [3.8, 4) is 11.5 Å². The van der Waals surface area contributed by atoms with Crippen molar-refractivity contribution >= 4 is 23.2 Å². The summed E-state index contributed by atoms with van der Waals surface area (Å²) in [6.07, 6.45) is -0.693. The lowest BCUT2D eigenvalue weighted by atomic mass is 10.1. The summed E-state index contributed by atoms with van der Waals surface area (Å²) < 4.78 is 11.0. The third-order valence-corrected chi connectivity index (χ3v) is 4.44. The molecule has 2 amide bonds. The SMILES string of the molecule is COc1ccc(C)cc1NC(=O)c1ccc(O[C@H](C)C(=O)Nc2ccccc2)cc1. The van der Waals surface area contributed by atoms with E-state index in [1.807, 2.05) is 43.3 Å². The number of methoxy groups -OCH3 is 1. The molecule has 3 aromatic carbocycles. The molecule has 0 heterocycles. The van der Waals surface area contributed by atoms with Crippen LogP contribution in [0.1, 0.15) is 22.8 Å². The smallest absolute Gasteiger partial charge is 0.265 e. The molecule has 0 spiro atoms. The van der Waals surface area contributed by atoms with E-state index in [1.54, 1.807) is 50.4 Å². The van der Waals surface area contributed by atoms with Gasteiger partial charge < -0.3 is 20.1 Å². The number of hydrogen-bond acceptors (Lipinski definition) is 4. The number of carbonyl (C=O) groups is 2. The van der Waals surface area contributed by atoms with Crippen molar-refractivity contribution in [2.24, 2.45) is 0 Å². The van der Waals surface area contributed by atoms with Crippen LogP contribution >= 0.6 is 0 Å². The van der Waals surface area contributed by atoms with E-state index in [2.05, 4.69) is 10.6 Å². The second-order valence-corrected chi connectivity index (χ2v) is 6.80. The van der Waals surface area contributed by atoms with E-state index in [1.165, 1.54) is 0 Å². The zero-order valence-electron chi connectivity index (χ0n) is 17.1. The van der Waals surface area contributed by atoms with Crippen molar-refractivity contribution in [1.29, 1.82) is 0 Å². The number of hydrogen-bond donors (Lipinski definition) is 2. The van der Waals surface area contributed by atoms with Crippen molar-refractivity contribution in [3.63, 3.8) is 0 Å². The van der Waals surface area contributed by atoms with Gasteiger partial charge in [-0.05, 0) is 67.9 Å². The molecule has 6 nitrogen and oxygen atoms in total. The highest BCUT2D eigenvalue weighted by molar-refractivity contribution is 6.05. The molecule has 0 bridgehead atoms. The Morgan fingerprint density at radius 1 is 0.900 bits per heavy atom. The normalized spacial score (nSPS) is 11.3. The summed E-state index contributed by atoms with van der Waals surface area (Å²) in [4.78, 5) is 24.8. The summed E-state index contributed by atoms with van der Waals surface area (Å²) in [6, 6.07) is 21.4. The molecule has 3 rings (SSSR count). The number of ether oxygens (including phenoxy) is 2. The van der Waals surface area contributed by atoms with Crippen molar-refractivity contribution in [3.05, 3.63) is 83.9 Å². The van der Waals surface area contributed by atoms with E-state index in [4.69, 9.17) is 9.47 Å². The van der Waals surface area contributed by atoms with Crippen LogP contribution in [0.4, 0.5) is 11.4 Å². The van der Waals surface area contributed by atoms with Crippen LogP contribution in [-0.2, 0) is 4.79 Å². The zero-order chi connectivity index (χ0) is 21.5. The van der Waals surface area contributed by atoms with Crippen molar-refractivity contribution in [1.82, 2.24) is 0 Å². The van der Waals surface area contributed by atoms with Crippen LogP contribution in [0.25, 0.3) is 0 Å². The molecular weight excluding hydrogens is 380 g/mol. The molecule has 30 heavy (non-hydrogen) atoms. The Morgan fingerprint density at radius 3 is 2.27 bits per heavy atom. The Labute approximate surface area is 175 Å². The van der Waals surface area contributed by atoms with Crippen molar-refractivity contribution < 1.29 is 19.1 Å². The van der Waals surface area contributed by atoms with Gasteiger partial charge in [0.2, 0.25) is 0 Å². The molecule has 3 aromatic rings. The minimum Gasteiger partial charge on any atom is -0.495 e. The minimum atomic E-state index is -0.693. The highest BCUT2D eigenvalue weighted by Crippen LogP contribution is 2.26. The Bertz CT molecular complexity index is 1020. The van der Waals surface area contributed by atoms with Gasteiger partial charge in [0.15, 0.2) is 6.10 Å². The van der Waals surface area contributed by atoms with Gasteiger partial charge in [0.25, 0.3) is 11.8 Å². The third kappa shape index (κ3) is 5.38. The first-order valence-electron chi connectivity index (χ1n) is 9.55. The van der Waals surface area contributed by atoms with Crippen LogP contribution in [-0.4, -0.2) is 25.0 Å². The topological polar surface area (TPSA) is 76.7 Å². The Kier molecular flexibility index (Phi) is 6.70. The molecule has 6 heteroatoms. The standard InChI is InChI=1S/C24H24N2O4/c1-16-9-14-22(29-3)21(15-16)26-24(28)18-10-12-20(13-11-18)30-17(2)23(27)25-19-7-5-4-6-8-19/h4-15,17H,1-3H3,(H,25,27)(H,26,28)/t17-/m1/s1. The molecule has 0 aliphatic rings. The van der Waals surface area contributed by atoms with Crippen LogP contribution in [0, 0.1) is 6.92 Å². The molecule has 0 aliphatic heterocycles. The Hall–Kier alpha value is -3.80. The first-order chi connectivity index (χ1) is 14.5. The van der Waals surface area contributed by atoms with E-state index >= 15 is 0 Å². The molecule has 0 radical (unpaired) electrons. The maximum Gasteiger partial charge on any atom is 0.265 e. The van der Waals surface area contributed by atoms with Gasteiger partial charge in [0.1, 0.15) is 11.5 Å². The second kappa shape index (κ2) is 9.60. The number of benzene rings is 3. The molecule has 0 fully saturated rings. The Balaban J connectivity index is 1.61. The molecule has 0 saturated heterocycles. The minimum absolute atomic E-state index is 0.255. The average molecular weight is 404 g/mol. The number of aryl methyl sites for hydroxylation is 1. The fourth-order valence-corrected chi connectivity index (χ4v) is 2.82. The van der Waals surface area contributed by atoms with E-state index in [0.29, 0.717) is 28.4 Å². The van der Waals surface area contributed by atoms with E-state index in [0.717, 1.165) is 5.56 Å². The average Bonchev–Trinajstić information content (AvgIpc) is 2.75. The second-order valence-electron chi connectivity index (χ2n) is 6.80. The molecule has 0 aliphatic carbocycles. The van der Waals surface area contributed by atoms with Crippen molar-refractivity contribution in [2.45, 2.75) is 20.0 Å². The summed E-state index contributed by atoms with van der Waals surface area (Å²) in [5, 5.41) is 5.65. The van der Waals surface area contributed by atoms with Gasteiger partial charge in [-0.15, -0.1) is 0 Å². The lowest BCUT2D eigenvalue weighted by Gasteiger charge is -2.15. The van der Waals surface area contributed by atoms with E-state index in [-0.39, 0.29) is 11.8 Å². The van der Waals surface area contributed by atoms with Crippen LogP contribution < -0.4 is 20.1 Å². The van der Waals surface area contributed by atoms with Crippen LogP contribution in [0.15, 0.2) is 72.8 Å². The van der Waals surface area contributed by atoms with Gasteiger partial charge in [-0.2, -0.15) is 0 Å². The Morgan fingerprint density at radius 2 is 1.60 bits per heavy atom. The van der Waals surface area contributed by atoms with Crippen LogP contribution in [0.5, 0.6) is 11.5 Å². The highest BCUT2D eigenvalue weighted by atomic mass is 16.5. The zero-order valence-corrected chi connectivity index (χ0v) is 17.1. The third-order valence-electron chi connectivity index (χ3n) is 4.44. The summed E-state index contributed by atoms with van der Waals surface area (Å²) >= 11 is 0. The lowest BCUT2D eigenvalue weighted by Crippen LogP contribution is -2.30. The molecule has 2 N–H and O–H groups in total. The molecule has 0 aromatic heterocycles. The van der Waals surface area contributed by atoms with E-state index < -0.39 is 6.10 Å². The van der Waals surface area contributed by atoms with Gasteiger partial charge in [0.05, 0.1) is 12.8 Å². The quantitative estimate of drug-likeness (QED) is 0.600. The maximum atomic E-state index is 12.6. The first kappa shape index (κ1) is 20.9. The number of rotatable bonds is 7. The summed E-state index contributed by atoms with van der Waals surface area (Å²) in [5.74, 6) is 0.567. The predicted octanol–water partition coefficient (Wildman–Crippen LogP) is 4.66. The molecule has 154 valence electrons. The molecule has 1 atom stereocenters. The monoisotopic (exact) mass is 404 g/mol. The van der Waals surface area contributed by atoms with Gasteiger partial charge in [0, 0.05) is 11.3 Å². The summed E-state index contributed by atoms with van der Waals surface area (Å²) in [7, 11) is 1.56. The fourth-order valence-electron chi connectivity index (χ4n) is 2.82. The number of nitrogens with one attached hydrogen (secondary N) is 2. The molecule has 0 saturated carbocycles. The lowest BCUT2D eigenvalue weighted by molar-refractivity contribution is -0.122. The van der Waals surface area contributed by atoms with Gasteiger partial charge >= 0.3 is 0 Å². The van der Waals surface area contributed by atoms with Gasteiger partial charge in [-0.3, -0.25) is 9.59 Å². The van der Waals surface area contributed by atoms with Crippen LogP contribution in [0.2, 0.25) is 0 Å². The summed E-state index contributed by atoms with van der Waals surface area (Å²) in [5.41, 5.74) is 2.79. The molecule has 0 unspecified atom stereocenters. The van der Waals surface area contributed by atoms with Crippen molar-refractivity contribution in [2.75, 3.05) is 17.7 Å². The largest absolute Gasteiger partial charge is 0.495 e. The van der Waals surface area contributed by atoms with Gasteiger partial charge in [-0.1, -0.05) is 24.3 Å². The number of amides is 2. The number of para-hydroxylation sites is 1. The van der Waals surface area contributed by atoms with E-state index in [9.17, 15) is 9.59 Å². The highest BCUT2D eigenvalue weighted by Gasteiger charge is 2.15. The predicted molar refractivity (Wildman–Crippen MR) is 117 cm³/mol. The first-order valence-corrected chi connectivity index (χ1v) is 9.55. The number of carbonyl (C=O) groups excluding carboxylic acids is 2.